The molecule has 1 unspecified atom stereocenters. The van der Waals surface area contributed by atoms with Gasteiger partial charge in [-0.05, 0) is 45.2 Å². The summed E-state index contributed by atoms with van der Waals surface area (Å²) < 4.78 is 0. The molecule has 92 valence electrons. The van der Waals surface area contributed by atoms with E-state index in [1.165, 1.54) is 25.7 Å². The molecule has 1 aliphatic heterocycles. The van der Waals surface area contributed by atoms with E-state index in [9.17, 15) is 4.79 Å². The van der Waals surface area contributed by atoms with E-state index < -0.39 is 0 Å². The van der Waals surface area contributed by atoms with Gasteiger partial charge in [-0.25, -0.2) is 0 Å². The lowest BCUT2D eigenvalue weighted by Crippen LogP contribution is -2.43. The Balaban J connectivity index is 1.67. The highest BCUT2D eigenvalue weighted by Gasteiger charge is 2.26. The van der Waals surface area contributed by atoms with Crippen LogP contribution in [0, 0.1) is 5.92 Å². The molecule has 16 heavy (non-hydrogen) atoms. The van der Waals surface area contributed by atoms with Crippen molar-refractivity contribution in [1.82, 2.24) is 15.5 Å². The van der Waals surface area contributed by atoms with Crippen molar-refractivity contribution in [3.63, 3.8) is 0 Å². The molecular formula is C12H23N3O. The van der Waals surface area contributed by atoms with Crippen molar-refractivity contribution >= 4 is 5.91 Å². The van der Waals surface area contributed by atoms with Gasteiger partial charge in [-0.1, -0.05) is 0 Å². The number of carbonyl (C=O) groups is 1. The molecule has 0 aromatic carbocycles. The fourth-order valence-electron chi connectivity index (χ4n) is 2.39. The van der Waals surface area contributed by atoms with Crippen LogP contribution < -0.4 is 10.6 Å². The molecule has 2 rings (SSSR count). The molecule has 4 nitrogen and oxygen atoms in total. The second-order valence-electron chi connectivity index (χ2n) is 5.07. The topological polar surface area (TPSA) is 44.4 Å². The zero-order chi connectivity index (χ0) is 11.4. The molecule has 1 aliphatic carbocycles. The zero-order valence-corrected chi connectivity index (χ0v) is 10.2. The van der Waals surface area contributed by atoms with Gasteiger partial charge in [-0.2, -0.15) is 0 Å². The molecule has 0 spiro atoms. The molecule has 0 aromatic heterocycles. The number of rotatable bonds is 6. The third-order valence-corrected chi connectivity index (χ3v) is 3.57. The summed E-state index contributed by atoms with van der Waals surface area (Å²) in [5, 5.41) is 6.23. The Morgan fingerprint density at radius 2 is 2.12 bits per heavy atom. The van der Waals surface area contributed by atoms with Crippen LogP contribution >= 0.6 is 0 Å². The van der Waals surface area contributed by atoms with Crippen molar-refractivity contribution in [2.45, 2.75) is 31.7 Å². The molecule has 1 heterocycles. The molecule has 1 atom stereocenters. The van der Waals surface area contributed by atoms with Gasteiger partial charge < -0.3 is 10.6 Å². The highest BCUT2D eigenvalue weighted by atomic mass is 16.2. The highest BCUT2D eigenvalue weighted by molar-refractivity contribution is 5.78. The van der Waals surface area contributed by atoms with Crippen LogP contribution in [0.5, 0.6) is 0 Å². The van der Waals surface area contributed by atoms with E-state index in [-0.39, 0.29) is 5.91 Å². The second kappa shape index (κ2) is 5.64. The molecule has 1 saturated carbocycles. The third-order valence-electron chi connectivity index (χ3n) is 3.57. The fraction of sp³-hybridized carbons (Fsp3) is 0.917. The van der Waals surface area contributed by atoms with Gasteiger partial charge in [0.25, 0.3) is 0 Å². The van der Waals surface area contributed by atoms with E-state index in [1.807, 2.05) is 7.05 Å². The van der Waals surface area contributed by atoms with Crippen LogP contribution in [0.4, 0.5) is 0 Å². The first-order valence-electron chi connectivity index (χ1n) is 6.45. The number of likely N-dealkylation sites (N-methyl/N-ethyl adjacent to an activating group) is 1. The molecular weight excluding hydrogens is 202 g/mol. The van der Waals surface area contributed by atoms with E-state index in [4.69, 9.17) is 0 Å². The molecule has 1 saturated heterocycles. The monoisotopic (exact) mass is 225 g/mol. The van der Waals surface area contributed by atoms with Gasteiger partial charge in [0.05, 0.1) is 6.54 Å². The number of carbonyl (C=O) groups excluding carboxylic acids is 1. The van der Waals surface area contributed by atoms with Crippen molar-refractivity contribution in [2.75, 3.05) is 33.2 Å². The summed E-state index contributed by atoms with van der Waals surface area (Å²) in [6.07, 6.45) is 5.04. The summed E-state index contributed by atoms with van der Waals surface area (Å²) in [6, 6.07) is 0.552. The summed E-state index contributed by atoms with van der Waals surface area (Å²) in [5.41, 5.74) is 0. The molecule has 0 aromatic rings. The summed E-state index contributed by atoms with van der Waals surface area (Å²) in [6.45, 7) is 3.54. The number of hydrogen-bond donors (Lipinski definition) is 2. The van der Waals surface area contributed by atoms with Gasteiger partial charge in [-0.15, -0.1) is 0 Å². The van der Waals surface area contributed by atoms with E-state index in [0.29, 0.717) is 12.6 Å². The number of nitrogens with zero attached hydrogens (tertiary/aromatic N) is 1. The Hall–Kier alpha value is -0.610. The number of amides is 1. The first-order chi connectivity index (χ1) is 7.79. The molecule has 4 heteroatoms. The molecule has 0 radical (unpaired) electrons. The Labute approximate surface area is 97.8 Å². The molecule has 1 amide bonds. The van der Waals surface area contributed by atoms with E-state index in [1.54, 1.807) is 0 Å². The maximum absolute atomic E-state index is 11.7. The third kappa shape index (κ3) is 3.46. The Kier molecular flexibility index (Phi) is 4.18. The van der Waals surface area contributed by atoms with Crippen LogP contribution in [-0.2, 0) is 4.79 Å². The summed E-state index contributed by atoms with van der Waals surface area (Å²) in [4.78, 5) is 14.0. The van der Waals surface area contributed by atoms with Gasteiger partial charge in [0.1, 0.15) is 0 Å². The highest BCUT2D eigenvalue weighted by Crippen LogP contribution is 2.27. The lowest BCUT2D eigenvalue weighted by atomic mass is 10.2. The van der Waals surface area contributed by atoms with Crippen LogP contribution in [0.1, 0.15) is 25.7 Å². The fourth-order valence-corrected chi connectivity index (χ4v) is 2.39. The van der Waals surface area contributed by atoms with Crippen molar-refractivity contribution in [3.8, 4) is 0 Å². The minimum Gasteiger partial charge on any atom is -0.355 e. The molecule has 2 aliphatic rings. The largest absolute Gasteiger partial charge is 0.355 e. The predicted octanol–water partition coefficient (Wildman–Crippen LogP) is 0.196. The van der Waals surface area contributed by atoms with Gasteiger partial charge in [-0.3, -0.25) is 9.69 Å². The first kappa shape index (κ1) is 11.9. The van der Waals surface area contributed by atoms with Gasteiger partial charge >= 0.3 is 0 Å². The lowest BCUT2D eigenvalue weighted by molar-refractivity contribution is -0.122. The zero-order valence-electron chi connectivity index (χ0n) is 10.2. The quantitative estimate of drug-likeness (QED) is 0.678. The van der Waals surface area contributed by atoms with Crippen LogP contribution in [0.15, 0.2) is 0 Å². The average molecular weight is 225 g/mol. The normalized spacial score (nSPS) is 25.9. The average Bonchev–Trinajstić information content (AvgIpc) is 3.00. The van der Waals surface area contributed by atoms with Crippen LogP contribution in [0.2, 0.25) is 0 Å². The summed E-state index contributed by atoms with van der Waals surface area (Å²) in [5.74, 6) is 0.977. The van der Waals surface area contributed by atoms with Crippen molar-refractivity contribution < 1.29 is 4.79 Å². The SMILES string of the molecule is CNCC1CCCN1CC(=O)NCC1CC1. The van der Waals surface area contributed by atoms with E-state index in [0.717, 1.165) is 25.6 Å². The second-order valence-corrected chi connectivity index (χ2v) is 5.07. The number of likely N-dealkylation sites (tertiary alicyclic amines) is 1. The number of hydrogen-bond acceptors (Lipinski definition) is 3. The standard InChI is InChI=1S/C12H23N3O/c1-13-8-11-3-2-6-15(11)9-12(16)14-7-10-4-5-10/h10-11,13H,2-9H2,1H3,(H,14,16). The summed E-state index contributed by atoms with van der Waals surface area (Å²) >= 11 is 0. The molecule has 2 N–H and O–H groups in total. The van der Waals surface area contributed by atoms with Crippen molar-refractivity contribution in [3.05, 3.63) is 0 Å². The maximum Gasteiger partial charge on any atom is 0.234 e. The van der Waals surface area contributed by atoms with Crippen LogP contribution in [0.3, 0.4) is 0 Å². The Morgan fingerprint density at radius 1 is 1.31 bits per heavy atom. The first-order valence-corrected chi connectivity index (χ1v) is 6.45. The lowest BCUT2D eigenvalue weighted by Gasteiger charge is -2.23. The van der Waals surface area contributed by atoms with Gasteiger partial charge in [0, 0.05) is 19.1 Å². The van der Waals surface area contributed by atoms with E-state index >= 15 is 0 Å². The summed E-state index contributed by atoms with van der Waals surface area (Å²) in [7, 11) is 1.98. The predicted molar refractivity (Wildman–Crippen MR) is 64.3 cm³/mol. The van der Waals surface area contributed by atoms with E-state index in [2.05, 4.69) is 15.5 Å². The molecule has 0 bridgehead atoms. The molecule has 2 fully saturated rings. The number of nitrogens with one attached hydrogen (secondary N) is 2. The van der Waals surface area contributed by atoms with Gasteiger partial charge in [0.2, 0.25) is 5.91 Å². The Morgan fingerprint density at radius 3 is 2.81 bits per heavy atom. The van der Waals surface area contributed by atoms with Crippen molar-refractivity contribution in [2.24, 2.45) is 5.92 Å². The van der Waals surface area contributed by atoms with Crippen LogP contribution in [0.25, 0.3) is 0 Å². The Bertz CT molecular complexity index is 240. The smallest absolute Gasteiger partial charge is 0.234 e. The van der Waals surface area contributed by atoms with Crippen LogP contribution in [-0.4, -0.2) is 50.1 Å². The van der Waals surface area contributed by atoms with Crippen molar-refractivity contribution in [1.29, 1.82) is 0 Å². The van der Waals surface area contributed by atoms with Gasteiger partial charge in [0.15, 0.2) is 0 Å². The maximum atomic E-state index is 11.7. The minimum atomic E-state index is 0.204. The minimum absolute atomic E-state index is 0.204.